The van der Waals surface area contributed by atoms with Crippen LogP contribution in [0.3, 0.4) is 0 Å². The molecule has 8 heteroatoms. The fourth-order valence-corrected chi connectivity index (χ4v) is 9.27. The average Bonchev–Trinajstić information content (AvgIpc) is 3.94. The Labute approximate surface area is 264 Å². The molecule has 46 heavy (non-hydrogen) atoms. The van der Waals surface area contributed by atoms with Crippen LogP contribution < -0.4 is 9.80 Å². The highest BCUT2D eigenvalue weighted by Crippen LogP contribution is 2.54. The molecular weight excluding hydrogens is 576 g/mol. The van der Waals surface area contributed by atoms with E-state index in [9.17, 15) is 19.2 Å². The zero-order valence-corrected chi connectivity index (χ0v) is 24.7. The molecule has 10 rings (SSSR count). The summed E-state index contributed by atoms with van der Waals surface area (Å²) in [4.78, 5) is 65.9. The third-order valence-corrected chi connectivity index (χ3v) is 11.3. The van der Waals surface area contributed by atoms with Crippen LogP contribution in [-0.4, -0.2) is 33.6 Å². The van der Waals surface area contributed by atoms with E-state index in [1.807, 2.05) is 60.7 Å². The molecule has 0 radical (unpaired) electrons. The number of anilines is 2. The summed E-state index contributed by atoms with van der Waals surface area (Å²) in [5, 5.41) is 0.879. The van der Waals surface area contributed by atoms with Gasteiger partial charge in [-0.2, -0.15) is 0 Å². The summed E-state index contributed by atoms with van der Waals surface area (Å²) in [7, 11) is 0. The molecule has 4 bridgehead atoms. The lowest BCUT2D eigenvalue weighted by atomic mass is 9.85. The third kappa shape index (κ3) is 3.39. The van der Waals surface area contributed by atoms with Crippen LogP contribution in [0.25, 0.3) is 33.5 Å². The number of hydrogen-bond acceptors (Lipinski definition) is 6. The smallest absolute Gasteiger partial charge is 0.238 e. The summed E-state index contributed by atoms with van der Waals surface area (Å²) in [5.74, 6) is -0.178. The molecule has 2 saturated carbocycles. The van der Waals surface area contributed by atoms with Crippen LogP contribution >= 0.6 is 0 Å². The van der Waals surface area contributed by atoms with Gasteiger partial charge in [0.15, 0.2) is 5.82 Å². The van der Waals surface area contributed by atoms with Gasteiger partial charge in [0.05, 0.1) is 46.3 Å². The van der Waals surface area contributed by atoms with Crippen LogP contribution in [0.2, 0.25) is 0 Å². The van der Waals surface area contributed by atoms with Gasteiger partial charge in [0, 0.05) is 16.5 Å². The Hall–Kier alpha value is -5.24. The van der Waals surface area contributed by atoms with Crippen LogP contribution in [0, 0.1) is 47.3 Å². The highest BCUT2D eigenvalue weighted by molar-refractivity contribution is 6.23. The topological polar surface area (TPSA) is 101 Å². The lowest BCUT2D eigenvalue weighted by Crippen LogP contribution is -2.32. The van der Waals surface area contributed by atoms with Gasteiger partial charge in [-0.1, -0.05) is 54.6 Å². The van der Waals surface area contributed by atoms with E-state index in [4.69, 9.17) is 9.97 Å². The Morgan fingerprint density at radius 3 is 1.41 bits per heavy atom. The second-order valence-electron chi connectivity index (χ2n) is 13.5. The molecule has 6 aliphatic rings. The number of rotatable bonds is 4. The van der Waals surface area contributed by atoms with Gasteiger partial charge in [0.25, 0.3) is 0 Å². The number of para-hydroxylation sites is 1. The molecular formula is C38H28N4O4. The minimum Gasteiger partial charge on any atom is -0.274 e. The summed E-state index contributed by atoms with van der Waals surface area (Å²) in [6, 6.07) is 22.6. The molecule has 4 amide bonds. The molecule has 4 aliphatic carbocycles. The van der Waals surface area contributed by atoms with Gasteiger partial charge >= 0.3 is 0 Å². The Bertz CT molecular complexity index is 2040. The number of amides is 4. The minimum absolute atomic E-state index is 0.0950. The first kappa shape index (κ1) is 26.0. The quantitative estimate of drug-likeness (QED) is 0.223. The monoisotopic (exact) mass is 604 g/mol. The largest absolute Gasteiger partial charge is 0.274 e. The number of benzene rings is 3. The van der Waals surface area contributed by atoms with Crippen molar-refractivity contribution in [2.24, 2.45) is 47.3 Å². The van der Waals surface area contributed by atoms with Crippen molar-refractivity contribution in [3.8, 4) is 22.6 Å². The molecule has 2 aliphatic heterocycles. The van der Waals surface area contributed by atoms with E-state index >= 15 is 0 Å². The SMILES string of the molecule is O=C1[C@@H]2[C@H](C(=O)N1c1ccc(-c3nc(-c4ccc(N5C(=O)[C@@H]6[C@H](C5=O)[C@H]5C=C[C@H]6C5)cc4)c4ccccc4n3)cc1)[C@H]1C=C[C@H]2C1. The van der Waals surface area contributed by atoms with E-state index in [-0.39, 0.29) is 71.0 Å². The first-order valence-electron chi connectivity index (χ1n) is 16.1. The van der Waals surface area contributed by atoms with Crippen molar-refractivity contribution in [2.75, 3.05) is 9.80 Å². The zero-order valence-electron chi connectivity index (χ0n) is 24.7. The fraction of sp³-hybridized carbons (Fsp3) is 0.263. The molecule has 224 valence electrons. The lowest BCUT2D eigenvalue weighted by Gasteiger charge is -2.18. The van der Waals surface area contributed by atoms with Crippen LogP contribution in [0.1, 0.15) is 12.8 Å². The van der Waals surface area contributed by atoms with Gasteiger partial charge in [-0.05, 0) is 79.0 Å². The number of carbonyl (C=O) groups is 4. The predicted octanol–water partition coefficient (Wildman–Crippen LogP) is 5.59. The van der Waals surface area contributed by atoms with Gasteiger partial charge in [-0.15, -0.1) is 0 Å². The number of fused-ring (bicyclic) bond motifs is 11. The molecule has 8 atom stereocenters. The van der Waals surface area contributed by atoms with Crippen molar-refractivity contribution in [2.45, 2.75) is 12.8 Å². The van der Waals surface area contributed by atoms with Gasteiger partial charge in [-0.25, -0.2) is 9.97 Å². The van der Waals surface area contributed by atoms with E-state index in [2.05, 4.69) is 24.3 Å². The standard InChI is InChI=1S/C38H28N4O4/c43-35-29-21-5-6-22(17-21)30(29)36(44)41(35)25-13-9-19(10-14-25)33-27-3-1-2-4-28(27)39-34(40-33)20-11-15-26(16-12-20)42-37(45)31-23-7-8-24(18-23)32(31)38(42)46/h1-16,21-24,29-32H,17-18H2/t21-,22-,23-,24-,29-,30+,31-,32+/m0/s1. The molecule has 0 spiro atoms. The highest BCUT2D eigenvalue weighted by Gasteiger charge is 2.60. The summed E-state index contributed by atoms with van der Waals surface area (Å²) < 4.78 is 0. The summed E-state index contributed by atoms with van der Waals surface area (Å²) in [5.41, 5.74) is 4.26. The average molecular weight is 605 g/mol. The number of aromatic nitrogens is 2. The van der Waals surface area contributed by atoms with Crippen LogP contribution in [0.15, 0.2) is 97.1 Å². The van der Waals surface area contributed by atoms with Crippen molar-refractivity contribution < 1.29 is 19.2 Å². The minimum atomic E-state index is -0.242. The summed E-state index contributed by atoms with van der Waals surface area (Å²) in [6.07, 6.45) is 10.2. The molecule has 2 saturated heterocycles. The van der Waals surface area contributed by atoms with Gasteiger partial charge in [0.1, 0.15) is 0 Å². The van der Waals surface area contributed by atoms with Crippen LogP contribution in [0.4, 0.5) is 11.4 Å². The van der Waals surface area contributed by atoms with Gasteiger partial charge in [0.2, 0.25) is 23.6 Å². The van der Waals surface area contributed by atoms with Crippen LogP contribution in [0.5, 0.6) is 0 Å². The molecule has 4 aromatic rings. The first-order valence-corrected chi connectivity index (χ1v) is 16.1. The molecule has 3 heterocycles. The Morgan fingerprint density at radius 2 is 0.935 bits per heavy atom. The van der Waals surface area contributed by atoms with Crippen molar-refractivity contribution in [3.63, 3.8) is 0 Å². The fourth-order valence-electron chi connectivity index (χ4n) is 9.27. The molecule has 1 aromatic heterocycles. The first-order chi connectivity index (χ1) is 22.5. The number of nitrogens with zero attached hydrogens (tertiary/aromatic N) is 4. The van der Waals surface area contributed by atoms with Crippen LogP contribution in [-0.2, 0) is 19.2 Å². The Kier molecular flexibility index (Phi) is 5.18. The predicted molar refractivity (Wildman–Crippen MR) is 171 cm³/mol. The molecule has 0 unspecified atom stereocenters. The van der Waals surface area contributed by atoms with Crippen molar-refractivity contribution in [3.05, 3.63) is 97.1 Å². The Balaban J connectivity index is 0.968. The van der Waals surface area contributed by atoms with E-state index < -0.39 is 0 Å². The maximum Gasteiger partial charge on any atom is 0.238 e. The van der Waals surface area contributed by atoms with Gasteiger partial charge in [-0.3, -0.25) is 29.0 Å². The Morgan fingerprint density at radius 1 is 0.500 bits per heavy atom. The summed E-state index contributed by atoms with van der Waals surface area (Å²) >= 11 is 0. The molecule has 3 aromatic carbocycles. The van der Waals surface area contributed by atoms with E-state index in [1.54, 1.807) is 12.1 Å². The number of allylic oxidation sites excluding steroid dienone is 4. The van der Waals surface area contributed by atoms with Gasteiger partial charge < -0.3 is 0 Å². The highest BCUT2D eigenvalue weighted by atomic mass is 16.2. The maximum absolute atomic E-state index is 13.4. The van der Waals surface area contributed by atoms with E-state index in [1.165, 1.54) is 9.80 Å². The molecule has 8 nitrogen and oxygen atoms in total. The van der Waals surface area contributed by atoms with Crippen molar-refractivity contribution >= 4 is 45.9 Å². The summed E-state index contributed by atoms with van der Waals surface area (Å²) in [6.45, 7) is 0. The van der Waals surface area contributed by atoms with Crippen molar-refractivity contribution in [1.82, 2.24) is 9.97 Å². The second kappa shape index (κ2) is 9.16. The second-order valence-corrected chi connectivity index (χ2v) is 13.5. The lowest BCUT2D eigenvalue weighted by molar-refractivity contribution is -0.124. The van der Waals surface area contributed by atoms with Crippen molar-refractivity contribution in [1.29, 1.82) is 0 Å². The zero-order chi connectivity index (χ0) is 30.8. The molecule has 4 fully saturated rings. The number of hydrogen-bond donors (Lipinski definition) is 0. The number of imide groups is 2. The number of carbonyl (C=O) groups excluding carboxylic acids is 4. The van der Waals surface area contributed by atoms with E-state index in [0.717, 1.165) is 40.6 Å². The third-order valence-electron chi connectivity index (χ3n) is 11.3. The van der Waals surface area contributed by atoms with E-state index in [0.29, 0.717) is 17.2 Å². The normalized spacial score (nSPS) is 31.7. The maximum atomic E-state index is 13.4. The molecule has 0 N–H and O–H groups in total.